The van der Waals surface area contributed by atoms with Crippen molar-refractivity contribution in [2.24, 2.45) is 5.92 Å². The van der Waals surface area contributed by atoms with E-state index in [4.69, 9.17) is 23.7 Å². The predicted molar refractivity (Wildman–Crippen MR) is 59.0 cm³/mol. The van der Waals surface area contributed by atoms with Gasteiger partial charge in [-0.3, -0.25) is 0 Å². The molecule has 17 heavy (non-hydrogen) atoms. The zero-order valence-electron chi connectivity index (χ0n) is 10.0. The molecule has 5 heteroatoms. The fraction of sp³-hybridized carbons (Fsp3) is 1.00. The number of hydrogen-bond acceptors (Lipinski definition) is 5. The van der Waals surface area contributed by atoms with Crippen molar-refractivity contribution in [3.63, 3.8) is 0 Å². The molecule has 0 N–H and O–H groups in total. The fourth-order valence-corrected chi connectivity index (χ4v) is 2.04. The predicted octanol–water partition coefficient (Wildman–Crippen LogP) is 0.222. The van der Waals surface area contributed by atoms with E-state index in [0.717, 1.165) is 39.5 Å². The highest BCUT2D eigenvalue weighted by Crippen LogP contribution is 2.21. The minimum Gasteiger partial charge on any atom is -0.378 e. The number of hydrogen-bond donors (Lipinski definition) is 0. The first-order valence-electron chi connectivity index (χ1n) is 6.40. The lowest BCUT2D eigenvalue weighted by Crippen LogP contribution is -2.17. The van der Waals surface area contributed by atoms with Crippen LogP contribution in [-0.4, -0.2) is 64.6 Å². The molecule has 0 spiro atoms. The second-order valence-electron chi connectivity index (χ2n) is 5.04. The standard InChI is InChI=1S/C12H20O5/c1-9(2-13-5-11-7-16-11)3-15-10(1)4-14-6-12-8-17-12/h9-12H,1-8H2. The van der Waals surface area contributed by atoms with Crippen molar-refractivity contribution >= 4 is 0 Å². The molecule has 98 valence electrons. The zero-order chi connectivity index (χ0) is 11.5. The van der Waals surface area contributed by atoms with Crippen molar-refractivity contribution in [1.82, 2.24) is 0 Å². The lowest BCUT2D eigenvalue weighted by Gasteiger charge is -2.09. The van der Waals surface area contributed by atoms with E-state index in [1.165, 1.54) is 0 Å². The first-order chi connectivity index (χ1) is 8.40. The maximum atomic E-state index is 5.66. The highest BCUT2D eigenvalue weighted by atomic mass is 16.6. The monoisotopic (exact) mass is 244 g/mol. The minimum absolute atomic E-state index is 0.236. The van der Waals surface area contributed by atoms with Gasteiger partial charge in [-0.15, -0.1) is 0 Å². The van der Waals surface area contributed by atoms with E-state index >= 15 is 0 Å². The van der Waals surface area contributed by atoms with Gasteiger partial charge in [0.2, 0.25) is 0 Å². The van der Waals surface area contributed by atoms with Crippen LogP contribution in [-0.2, 0) is 23.7 Å². The maximum absolute atomic E-state index is 5.66. The van der Waals surface area contributed by atoms with E-state index in [9.17, 15) is 0 Å². The Kier molecular flexibility index (Phi) is 3.93. The summed E-state index contributed by atoms with van der Waals surface area (Å²) < 4.78 is 26.9. The third-order valence-corrected chi connectivity index (χ3v) is 3.23. The Labute approximate surface area is 101 Å². The van der Waals surface area contributed by atoms with Crippen LogP contribution < -0.4 is 0 Å². The van der Waals surface area contributed by atoms with Crippen LogP contribution in [0.1, 0.15) is 6.42 Å². The van der Waals surface area contributed by atoms with Gasteiger partial charge < -0.3 is 23.7 Å². The van der Waals surface area contributed by atoms with Crippen LogP contribution in [0.4, 0.5) is 0 Å². The first kappa shape index (κ1) is 11.9. The van der Waals surface area contributed by atoms with Crippen LogP contribution in [0, 0.1) is 5.92 Å². The molecule has 4 unspecified atom stereocenters. The molecular weight excluding hydrogens is 224 g/mol. The Balaban J connectivity index is 1.22. The molecular formula is C12H20O5. The van der Waals surface area contributed by atoms with E-state index in [1.807, 2.05) is 0 Å². The molecule has 0 aromatic heterocycles. The summed E-state index contributed by atoms with van der Waals surface area (Å²) in [6.45, 7) is 5.41. The highest BCUT2D eigenvalue weighted by molar-refractivity contribution is 4.75. The summed E-state index contributed by atoms with van der Waals surface area (Å²) in [7, 11) is 0. The first-order valence-corrected chi connectivity index (χ1v) is 6.40. The van der Waals surface area contributed by atoms with Crippen LogP contribution in [0.2, 0.25) is 0 Å². The molecule has 3 aliphatic heterocycles. The van der Waals surface area contributed by atoms with Gasteiger partial charge in [0.05, 0.1) is 52.4 Å². The minimum atomic E-state index is 0.236. The van der Waals surface area contributed by atoms with Gasteiger partial charge in [0.1, 0.15) is 12.2 Å². The molecule has 0 aromatic carbocycles. The van der Waals surface area contributed by atoms with Gasteiger partial charge in [-0.1, -0.05) is 0 Å². The molecule has 0 bridgehead atoms. The third-order valence-electron chi connectivity index (χ3n) is 3.23. The SMILES string of the molecule is C(OCC1CO1)C1COC(COCC2CO2)C1. The average molecular weight is 244 g/mol. The highest BCUT2D eigenvalue weighted by Gasteiger charge is 2.29. The maximum Gasteiger partial charge on any atom is 0.104 e. The van der Waals surface area contributed by atoms with Gasteiger partial charge in [-0.05, 0) is 6.42 Å². The van der Waals surface area contributed by atoms with Gasteiger partial charge in [-0.2, -0.15) is 0 Å². The van der Waals surface area contributed by atoms with Crippen LogP contribution in [0.25, 0.3) is 0 Å². The van der Waals surface area contributed by atoms with Crippen molar-refractivity contribution in [2.75, 3.05) is 46.2 Å². The normalized spacial score (nSPS) is 39.5. The molecule has 3 heterocycles. The molecule has 3 saturated heterocycles. The summed E-state index contributed by atoms with van der Waals surface area (Å²) in [4.78, 5) is 0. The molecule has 0 aliphatic carbocycles. The van der Waals surface area contributed by atoms with Gasteiger partial charge in [0, 0.05) is 5.92 Å². The van der Waals surface area contributed by atoms with Crippen LogP contribution >= 0.6 is 0 Å². The summed E-state index contributed by atoms with van der Waals surface area (Å²) in [5, 5.41) is 0. The Morgan fingerprint density at radius 1 is 0.706 bits per heavy atom. The summed E-state index contributed by atoms with van der Waals surface area (Å²) in [6.07, 6.45) is 1.97. The van der Waals surface area contributed by atoms with Gasteiger partial charge >= 0.3 is 0 Å². The Morgan fingerprint density at radius 3 is 1.94 bits per heavy atom. The summed E-state index contributed by atoms with van der Waals surface area (Å²) in [5.74, 6) is 0.513. The van der Waals surface area contributed by atoms with Crippen LogP contribution in [0.5, 0.6) is 0 Å². The van der Waals surface area contributed by atoms with E-state index < -0.39 is 0 Å². The lowest BCUT2D eigenvalue weighted by molar-refractivity contribution is 0.0107. The fourth-order valence-electron chi connectivity index (χ4n) is 2.04. The van der Waals surface area contributed by atoms with Gasteiger partial charge in [0.25, 0.3) is 0 Å². The molecule has 4 atom stereocenters. The van der Waals surface area contributed by atoms with E-state index in [-0.39, 0.29) is 6.10 Å². The number of rotatable bonds is 8. The molecule has 3 aliphatic rings. The average Bonchev–Trinajstić information content (AvgIpc) is 3.22. The molecule has 0 saturated carbocycles. The third kappa shape index (κ3) is 4.19. The molecule has 3 rings (SSSR count). The van der Waals surface area contributed by atoms with Crippen molar-refractivity contribution in [3.8, 4) is 0 Å². The second-order valence-corrected chi connectivity index (χ2v) is 5.04. The van der Waals surface area contributed by atoms with Gasteiger partial charge in [0.15, 0.2) is 0 Å². The largest absolute Gasteiger partial charge is 0.378 e. The summed E-state index contributed by atoms with van der Waals surface area (Å²) in [5.41, 5.74) is 0. The van der Waals surface area contributed by atoms with Crippen molar-refractivity contribution in [2.45, 2.75) is 24.7 Å². The topological polar surface area (TPSA) is 52.8 Å². The van der Waals surface area contributed by atoms with E-state index in [0.29, 0.717) is 31.3 Å². The van der Waals surface area contributed by atoms with E-state index in [1.54, 1.807) is 0 Å². The van der Waals surface area contributed by atoms with Crippen molar-refractivity contribution < 1.29 is 23.7 Å². The molecule has 0 radical (unpaired) electrons. The molecule has 0 aromatic rings. The van der Waals surface area contributed by atoms with Crippen molar-refractivity contribution in [3.05, 3.63) is 0 Å². The lowest BCUT2D eigenvalue weighted by atomic mass is 10.1. The zero-order valence-corrected chi connectivity index (χ0v) is 10.0. The summed E-state index contributed by atoms with van der Waals surface area (Å²) in [6, 6.07) is 0. The second kappa shape index (κ2) is 5.63. The van der Waals surface area contributed by atoms with Crippen molar-refractivity contribution in [1.29, 1.82) is 0 Å². The van der Waals surface area contributed by atoms with E-state index in [2.05, 4.69) is 0 Å². The molecule has 5 nitrogen and oxygen atoms in total. The molecule has 0 amide bonds. The molecule has 3 fully saturated rings. The Morgan fingerprint density at radius 2 is 1.29 bits per heavy atom. The number of ether oxygens (including phenoxy) is 5. The quantitative estimate of drug-likeness (QED) is 0.572. The number of epoxide rings is 2. The smallest absolute Gasteiger partial charge is 0.104 e. The Bertz CT molecular complexity index is 215. The van der Waals surface area contributed by atoms with Crippen LogP contribution in [0.15, 0.2) is 0 Å². The summed E-state index contributed by atoms with van der Waals surface area (Å²) >= 11 is 0. The van der Waals surface area contributed by atoms with Crippen LogP contribution in [0.3, 0.4) is 0 Å². The van der Waals surface area contributed by atoms with Gasteiger partial charge in [-0.25, -0.2) is 0 Å². The Hall–Kier alpha value is -0.200.